The highest BCUT2D eigenvalue weighted by atomic mass is 32.2. The summed E-state index contributed by atoms with van der Waals surface area (Å²) in [6.45, 7) is 0.382. The van der Waals surface area contributed by atoms with E-state index in [4.69, 9.17) is 9.66 Å². The maximum atomic E-state index is 10.7. The molecule has 1 amide bonds. The van der Waals surface area contributed by atoms with E-state index >= 15 is 0 Å². The molecule has 0 unspecified atom stereocenters. The molecular formula is C8H17NO8S. The number of carbonyl (C=O) groups is 1. The summed E-state index contributed by atoms with van der Waals surface area (Å²) >= 11 is 0. The molecule has 0 aromatic carbocycles. The predicted molar refractivity (Wildman–Crippen MR) is 59.1 cm³/mol. The fraction of sp³-hybridized carbons (Fsp3) is 0.875. The molecule has 0 aromatic heterocycles. The van der Waals surface area contributed by atoms with Crippen molar-refractivity contribution < 1.29 is 38.2 Å². The van der Waals surface area contributed by atoms with E-state index in [1.54, 1.807) is 0 Å². The molecule has 108 valence electrons. The third-order valence-corrected chi connectivity index (χ3v) is 2.89. The SMILES string of the molecule is CC(=O)N[C@@H](CO)[C@@H](O)[C@H](O)[C@H](O)CS(=O)(=O)O. The van der Waals surface area contributed by atoms with Gasteiger partial charge in [-0.3, -0.25) is 9.35 Å². The molecular weight excluding hydrogens is 270 g/mol. The number of rotatable bonds is 7. The number of hydrogen-bond donors (Lipinski definition) is 6. The monoisotopic (exact) mass is 287 g/mol. The molecule has 18 heavy (non-hydrogen) atoms. The average molecular weight is 287 g/mol. The minimum atomic E-state index is -4.53. The van der Waals surface area contributed by atoms with Crippen LogP contribution in [-0.2, 0) is 14.9 Å². The number of amides is 1. The molecule has 0 aromatic rings. The molecule has 10 heteroatoms. The maximum Gasteiger partial charge on any atom is 0.267 e. The number of carbonyl (C=O) groups excluding carboxylic acids is 1. The van der Waals surface area contributed by atoms with Gasteiger partial charge < -0.3 is 25.7 Å². The molecule has 0 heterocycles. The Labute approximate surface area is 104 Å². The van der Waals surface area contributed by atoms with E-state index < -0.39 is 52.7 Å². The van der Waals surface area contributed by atoms with Gasteiger partial charge in [0.1, 0.15) is 18.0 Å². The predicted octanol–water partition coefficient (Wildman–Crippen LogP) is -3.55. The van der Waals surface area contributed by atoms with E-state index in [2.05, 4.69) is 5.32 Å². The van der Waals surface area contributed by atoms with E-state index in [1.165, 1.54) is 0 Å². The van der Waals surface area contributed by atoms with Gasteiger partial charge in [-0.25, -0.2) is 0 Å². The van der Waals surface area contributed by atoms with Gasteiger partial charge in [0, 0.05) is 6.92 Å². The van der Waals surface area contributed by atoms with Crippen LogP contribution in [0.5, 0.6) is 0 Å². The van der Waals surface area contributed by atoms with Crippen LogP contribution in [0.1, 0.15) is 6.92 Å². The second kappa shape index (κ2) is 6.97. The average Bonchev–Trinajstić information content (AvgIpc) is 2.21. The Balaban J connectivity index is 4.64. The van der Waals surface area contributed by atoms with Crippen LogP contribution in [0.4, 0.5) is 0 Å². The molecule has 0 rings (SSSR count). The zero-order valence-corrected chi connectivity index (χ0v) is 10.4. The molecule has 6 N–H and O–H groups in total. The third-order valence-electron chi connectivity index (χ3n) is 2.12. The maximum absolute atomic E-state index is 10.7. The summed E-state index contributed by atoms with van der Waals surface area (Å²) < 4.78 is 29.4. The van der Waals surface area contributed by atoms with E-state index in [9.17, 15) is 28.5 Å². The highest BCUT2D eigenvalue weighted by Gasteiger charge is 2.33. The number of aliphatic hydroxyl groups excluding tert-OH is 4. The summed E-state index contributed by atoms with van der Waals surface area (Å²) in [5.74, 6) is -1.77. The van der Waals surface area contributed by atoms with Crippen LogP contribution in [0.15, 0.2) is 0 Å². The first-order valence-electron chi connectivity index (χ1n) is 4.95. The van der Waals surface area contributed by atoms with E-state index in [0.717, 1.165) is 6.92 Å². The zero-order chi connectivity index (χ0) is 14.5. The number of aliphatic hydroxyl groups is 4. The van der Waals surface area contributed by atoms with Crippen LogP contribution < -0.4 is 5.32 Å². The topological polar surface area (TPSA) is 164 Å². The van der Waals surface area contributed by atoms with Crippen molar-refractivity contribution in [2.75, 3.05) is 12.4 Å². The Kier molecular flexibility index (Phi) is 6.67. The van der Waals surface area contributed by atoms with Gasteiger partial charge in [0.05, 0.1) is 18.8 Å². The molecule has 0 spiro atoms. The molecule has 0 fully saturated rings. The summed E-state index contributed by atoms with van der Waals surface area (Å²) in [5, 5.41) is 39.2. The molecule has 0 radical (unpaired) electrons. The van der Waals surface area contributed by atoms with Gasteiger partial charge in [-0.15, -0.1) is 0 Å². The summed E-state index contributed by atoms with van der Waals surface area (Å²) in [5.41, 5.74) is 0. The molecule has 0 aliphatic carbocycles. The van der Waals surface area contributed by atoms with Gasteiger partial charge in [0.2, 0.25) is 5.91 Å². The first-order valence-corrected chi connectivity index (χ1v) is 6.56. The molecule has 4 atom stereocenters. The van der Waals surface area contributed by atoms with Crippen LogP contribution in [0.25, 0.3) is 0 Å². The Morgan fingerprint density at radius 3 is 2.06 bits per heavy atom. The highest BCUT2D eigenvalue weighted by Crippen LogP contribution is 2.07. The van der Waals surface area contributed by atoms with Crippen LogP contribution in [0, 0.1) is 0 Å². The number of hydrogen-bond acceptors (Lipinski definition) is 7. The number of nitrogens with one attached hydrogen (secondary N) is 1. The summed E-state index contributed by atoms with van der Waals surface area (Å²) in [6.07, 6.45) is -5.72. The largest absolute Gasteiger partial charge is 0.394 e. The lowest BCUT2D eigenvalue weighted by Gasteiger charge is -2.28. The van der Waals surface area contributed by atoms with E-state index in [1.807, 2.05) is 0 Å². The molecule has 9 nitrogen and oxygen atoms in total. The van der Waals surface area contributed by atoms with Gasteiger partial charge in [0.25, 0.3) is 10.1 Å². The molecule has 0 bridgehead atoms. The lowest BCUT2D eigenvalue weighted by Crippen LogP contribution is -2.54. The quantitative estimate of drug-likeness (QED) is 0.262. The standard InChI is InChI=1S/C8H17NO8S/c1-4(11)9-5(2-10)7(13)8(14)6(12)3-18(15,16)17/h5-8,10,12-14H,2-3H2,1H3,(H,9,11)(H,15,16,17)/t5-,6+,7+,8+/m0/s1. The van der Waals surface area contributed by atoms with Crippen molar-refractivity contribution in [3.8, 4) is 0 Å². The fourth-order valence-electron chi connectivity index (χ4n) is 1.28. The Morgan fingerprint density at radius 1 is 1.22 bits per heavy atom. The molecule has 0 saturated heterocycles. The fourth-order valence-corrected chi connectivity index (χ4v) is 1.91. The lowest BCUT2D eigenvalue weighted by molar-refractivity contribution is -0.123. The van der Waals surface area contributed by atoms with Crippen LogP contribution >= 0.6 is 0 Å². The van der Waals surface area contributed by atoms with Gasteiger partial charge in [-0.2, -0.15) is 8.42 Å². The molecule has 0 aliphatic rings. The van der Waals surface area contributed by atoms with Crippen molar-refractivity contribution in [2.45, 2.75) is 31.3 Å². The first-order chi connectivity index (χ1) is 8.08. The minimum absolute atomic E-state index is 0.593. The first kappa shape index (κ1) is 17.2. The van der Waals surface area contributed by atoms with Gasteiger partial charge in [0.15, 0.2) is 0 Å². The molecule has 0 aliphatic heterocycles. The Bertz CT molecular complexity index is 369. The zero-order valence-electron chi connectivity index (χ0n) is 9.59. The van der Waals surface area contributed by atoms with Crippen molar-refractivity contribution in [3.05, 3.63) is 0 Å². The lowest BCUT2D eigenvalue weighted by atomic mass is 10.0. The second-order valence-electron chi connectivity index (χ2n) is 3.79. The third kappa shape index (κ3) is 6.23. The minimum Gasteiger partial charge on any atom is -0.394 e. The van der Waals surface area contributed by atoms with E-state index in [-0.39, 0.29) is 0 Å². The Morgan fingerprint density at radius 2 is 1.72 bits per heavy atom. The molecule has 0 saturated carbocycles. The van der Waals surface area contributed by atoms with Crippen LogP contribution in [-0.4, -0.2) is 76.0 Å². The highest BCUT2D eigenvalue weighted by molar-refractivity contribution is 7.85. The van der Waals surface area contributed by atoms with Gasteiger partial charge in [-0.05, 0) is 0 Å². The van der Waals surface area contributed by atoms with Crippen LogP contribution in [0.3, 0.4) is 0 Å². The van der Waals surface area contributed by atoms with Gasteiger partial charge >= 0.3 is 0 Å². The summed E-state index contributed by atoms with van der Waals surface area (Å²) in [7, 11) is -4.53. The van der Waals surface area contributed by atoms with Crippen molar-refractivity contribution in [1.29, 1.82) is 0 Å². The smallest absolute Gasteiger partial charge is 0.267 e. The van der Waals surface area contributed by atoms with Crippen molar-refractivity contribution in [2.24, 2.45) is 0 Å². The second-order valence-corrected chi connectivity index (χ2v) is 5.28. The van der Waals surface area contributed by atoms with Crippen LogP contribution in [0.2, 0.25) is 0 Å². The van der Waals surface area contributed by atoms with Gasteiger partial charge in [-0.1, -0.05) is 0 Å². The van der Waals surface area contributed by atoms with Crippen molar-refractivity contribution in [1.82, 2.24) is 5.32 Å². The summed E-state index contributed by atoms with van der Waals surface area (Å²) in [6, 6.07) is -1.27. The van der Waals surface area contributed by atoms with E-state index in [0.29, 0.717) is 0 Å². The van der Waals surface area contributed by atoms with Crippen molar-refractivity contribution >= 4 is 16.0 Å². The van der Waals surface area contributed by atoms with Crippen molar-refractivity contribution in [3.63, 3.8) is 0 Å². The summed E-state index contributed by atoms with van der Waals surface area (Å²) in [4.78, 5) is 10.7. The Hall–Kier alpha value is -0.780. The normalized spacial score (nSPS) is 18.8.